The number of aryl methyl sites for hydroxylation is 1. The van der Waals surface area contributed by atoms with Gasteiger partial charge in [0.2, 0.25) is 0 Å². The Morgan fingerprint density at radius 3 is 2.30 bits per heavy atom. The van der Waals surface area contributed by atoms with E-state index in [9.17, 15) is 13.2 Å². The van der Waals surface area contributed by atoms with Gasteiger partial charge in [-0.05, 0) is 42.7 Å². The highest BCUT2D eigenvalue weighted by Crippen LogP contribution is 2.18. The van der Waals surface area contributed by atoms with Crippen LogP contribution in [0.4, 0.5) is 5.69 Å². The number of amides is 1. The summed E-state index contributed by atoms with van der Waals surface area (Å²) in [6.07, 6.45) is 4.39. The first-order valence-electron chi connectivity index (χ1n) is 7.61. The predicted octanol–water partition coefficient (Wildman–Crippen LogP) is 3.69. The Bertz CT molecular complexity index is 780. The summed E-state index contributed by atoms with van der Waals surface area (Å²) in [6.45, 7) is 2.15. The van der Waals surface area contributed by atoms with Gasteiger partial charge in [0.05, 0.1) is 10.5 Å². The van der Waals surface area contributed by atoms with Crippen LogP contribution in [0.3, 0.4) is 0 Å². The molecule has 122 valence electrons. The average molecular weight is 331 g/mol. The van der Waals surface area contributed by atoms with Crippen LogP contribution in [-0.2, 0) is 16.3 Å². The van der Waals surface area contributed by atoms with Crippen molar-refractivity contribution in [3.8, 4) is 0 Å². The fourth-order valence-corrected chi connectivity index (χ4v) is 3.20. The number of benzene rings is 2. The molecule has 0 saturated heterocycles. The van der Waals surface area contributed by atoms with Crippen LogP contribution in [0.2, 0.25) is 0 Å². The van der Waals surface area contributed by atoms with Crippen molar-refractivity contribution in [3.05, 3.63) is 59.7 Å². The van der Waals surface area contributed by atoms with E-state index >= 15 is 0 Å². The summed E-state index contributed by atoms with van der Waals surface area (Å²) < 4.78 is 23.6. The Balaban J connectivity index is 2.17. The molecule has 1 N–H and O–H groups in total. The summed E-state index contributed by atoms with van der Waals surface area (Å²) in [6, 6.07) is 13.9. The van der Waals surface area contributed by atoms with E-state index in [4.69, 9.17) is 0 Å². The Hall–Kier alpha value is -2.14. The Kier molecular flexibility index (Phi) is 5.55. The first-order valence-corrected chi connectivity index (χ1v) is 9.50. The molecule has 0 aliphatic rings. The number of unbranched alkanes of at least 4 members (excludes halogenated alkanes) is 1. The predicted molar refractivity (Wildman–Crippen MR) is 92.6 cm³/mol. The molecule has 23 heavy (non-hydrogen) atoms. The molecule has 0 bridgehead atoms. The van der Waals surface area contributed by atoms with Gasteiger partial charge in [-0.1, -0.05) is 37.6 Å². The summed E-state index contributed by atoms with van der Waals surface area (Å²) in [7, 11) is -3.45. The molecule has 0 aromatic heterocycles. The summed E-state index contributed by atoms with van der Waals surface area (Å²) in [5.41, 5.74) is 2.03. The summed E-state index contributed by atoms with van der Waals surface area (Å²) in [5.74, 6) is -0.424. The zero-order valence-corrected chi connectivity index (χ0v) is 14.2. The molecule has 0 radical (unpaired) electrons. The standard InChI is InChI=1S/C18H21NO3S/c1-3-4-7-14-10-12-15(13-11-14)19-18(20)16-8-5-6-9-17(16)23(2,21)22/h5-6,8-13H,3-4,7H2,1-2H3,(H,19,20). The number of nitrogens with one attached hydrogen (secondary N) is 1. The van der Waals surface area contributed by atoms with Crippen molar-refractivity contribution in [2.45, 2.75) is 31.1 Å². The minimum atomic E-state index is -3.45. The number of hydrogen-bond acceptors (Lipinski definition) is 3. The zero-order chi connectivity index (χ0) is 16.9. The fraction of sp³-hybridized carbons (Fsp3) is 0.278. The zero-order valence-electron chi connectivity index (χ0n) is 13.4. The molecule has 0 aliphatic carbocycles. The number of hydrogen-bond donors (Lipinski definition) is 1. The van der Waals surface area contributed by atoms with Crippen molar-refractivity contribution in [2.24, 2.45) is 0 Å². The van der Waals surface area contributed by atoms with Gasteiger partial charge in [-0.2, -0.15) is 0 Å². The lowest BCUT2D eigenvalue weighted by atomic mass is 10.1. The monoisotopic (exact) mass is 331 g/mol. The second kappa shape index (κ2) is 7.42. The molecule has 0 unspecified atom stereocenters. The van der Waals surface area contributed by atoms with Gasteiger partial charge in [-0.25, -0.2) is 8.42 Å². The number of carbonyl (C=O) groups excluding carboxylic acids is 1. The first kappa shape index (κ1) is 17.2. The average Bonchev–Trinajstić information content (AvgIpc) is 2.53. The minimum absolute atomic E-state index is 0.0389. The molecule has 0 heterocycles. The highest BCUT2D eigenvalue weighted by atomic mass is 32.2. The minimum Gasteiger partial charge on any atom is -0.322 e. The molecular weight excluding hydrogens is 310 g/mol. The Labute approximate surface area is 137 Å². The van der Waals surface area contributed by atoms with Gasteiger partial charge in [-0.3, -0.25) is 4.79 Å². The van der Waals surface area contributed by atoms with Crippen molar-refractivity contribution in [1.82, 2.24) is 0 Å². The second-order valence-corrected chi connectivity index (χ2v) is 7.51. The maximum atomic E-state index is 12.4. The molecule has 2 aromatic rings. The van der Waals surface area contributed by atoms with Crippen LogP contribution in [-0.4, -0.2) is 20.6 Å². The van der Waals surface area contributed by atoms with Crippen LogP contribution in [0.1, 0.15) is 35.7 Å². The number of anilines is 1. The van der Waals surface area contributed by atoms with Crippen molar-refractivity contribution < 1.29 is 13.2 Å². The Morgan fingerprint density at radius 2 is 1.70 bits per heavy atom. The van der Waals surface area contributed by atoms with Crippen LogP contribution < -0.4 is 5.32 Å². The van der Waals surface area contributed by atoms with Gasteiger partial charge in [0.15, 0.2) is 9.84 Å². The van der Waals surface area contributed by atoms with E-state index in [0.29, 0.717) is 5.69 Å². The SMILES string of the molecule is CCCCc1ccc(NC(=O)c2ccccc2S(C)(=O)=O)cc1. The maximum absolute atomic E-state index is 12.4. The largest absolute Gasteiger partial charge is 0.322 e. The van der Waals surface area contributed by atoms with E-state index < -0.39 is 15.7 Å². The van der Waals surface area contributed by atoms with E-state index in [1.807, 2.05) is 24.3 Å². The third kappa shape index (κ3) is 4.66. The second-order valence-electron chi connectivity index (χ2n) is 5.52. The van der Waals surface area contributed by atoms with E-state index in [2.05, 4.69) is 12.2 Å². The maximum Gasteiger partial charge on any atom is 0.256 e. The molecule has 0 atom stereocenters. The van der Waals surface area contributed by atoms with Gasteiger partial charge in [0.25, 0.3) is 5.91 Å². The number of rotatable bonds is 6. The fourth-order valence-electron chi connectivity index (χ4n) is 2.31. The molecule has 0 spiro atoms. The highest BCUT2D eigenvalue weighted by molar-refractivity contribution is 7.90. The topological polar surface area (TPSA) is 63.2 Å². The molecule has 0 fully saturated rings. The lowest BCUT2D eigenvalue weighted by Gasteiger charge is -2.09. The highest BCUT2D eigenvalue weighted by Gasteiger charge is 2.18. The third-order valence-corrected chi connectivity index (χ3v) is 4.72. The van der Waals surface area contributed by atoms with Crippen molar-refractivity contribution in [3.63, 3.8) is 0 Å². The normalized spacial score (nSPS) is 11.2. The first-order chi connectivity index (χ1) is 10.9. The van der Waals surface area contributed by atoms with Gasteiger partial charge in [0, 0.05) is 11.9 Å². The van der Waals surface area contributed by atoms with E-state index in [1.165, 1.54) is 17.7 Å². The van der Waals surface area contributed by atoms with Gasteiger partial charge < -0.3 is 5.32 Å². The molecule has 1 amide bonds. The molecule has 2 aromatic carbocycles. The van der Waals surface area contributed by atoms with Gasteiger partial charge in [0.1, 0.15) is 0 Å². The van der Waals surface area contributed by atoms with Crippen molar-refractivity contribution in [1.29, 1.82) is 0 Å². The summed E-state index contributed by atoms with van der Waals surface area (Å²) >= 11 is 0. The molecular formula is C18H21NO3S. The third-order valence-electron chi connectivity index (χ3n) is 3.56. The number of sulfone groups is 1. The molecule has 0 saturated carbocycles. The van der Waals surface area contributed by atoms with Crippen LogP contribution in [0.25, 0.3) is 0 Å². The lowest BCUT2D eigenvalue weighted by molar-refractivity contribution is 0.102. The van der Waals surface area contributed by atoms with Crippen LogP contribution >= 0.6 is 0 Å². The van der Waals surface area contributed by atoms with E-state index in [-0.39, 0.29) is 10.5 Å². The van der Waals surface area contributed by atoms with E-state index in [1.54, 1.807) is 12.1 Å². The van der Waals surface area contributed by atoms with E-state index in [0.717, 1.165) is 25.5 Å². The smallest absolute Gasteiger partial charge is 0.256 e. The molecule has 0 aliphatic heterocycles. The summed E-state index contributed by atoms with van der Waals surface area (Å²) in [4.78, 5) is 12.4. The van der Waals surface area contributed by atoms with Crippen LogP contribution in [0, 0.1) is 0 Å². The van der Waals surface area contributed by atoms with Crippen LogP contribution in [0.15, 0.2) is 53.4 Å². The molecule has 4 nitrogen and oxygen atoms in total. The Morgan fingerprint density at radius 1 is 1.04 bits per heavy atom. The van der Waals surface area contributed by atoms with Crippen molar-refractivity contribution >= 4 is 21.4 Å². The number of carbonyl (C=O) groups is 1. The van der Waals surface area contributed by atoms with Gasteiger partial charge in [-0.15, -0.1) is 0 Å². The van der Waals surface area contributed by atoms with Gasteiger partial charge >= 0.3 is 0 Å². The van der Waals surface area contributed by atoms with Crippen molar-refractivity contribution in [2.75, 3.05) is 11.6 Å². The van der Waals surface area contributed by atoms with Crippen LogP contribution in [0.5, 0.6) is 0 Å². The molecule has 5 heteroatoms. The summed E-state index contributed by atoms with van der Waals surface area (Å²) in [5, 5.41) is 2.75. The lowest BCUT2D eigenvalue weighted by Crippen LogP contribution is -2.16. The molecule has 2 rings (SSSR count). The quantitative estimate of drug-likeness (QED) is 0.878.